The summed E-state index contributed by atoms with van der Waals surface area (Å²) in [4.78, 5) is 13.2. The van der Waals surface area contributed by atoms with E-state index in [4.69, 9.17) is 5.11 Å². The zero-order valence-corrected chi connectivity index (χ0v) is 9.86. The van der Waals surface area contributed by atoms with Crippen LogP contribution in [0.5, 0.6) is 0 Å². The summed E-state index contributed by atoms with van der Waals surface area (Å²) in [5, 5.41) is 12.2. The van der Waals surface area contributed by atoms with Gasteiger partial charge < -0.3 is 15.3 Å². The van der Waals surface area contributed by atoms with Crippen molar-refractivity contribution in [3.8, 4) is 0 Å². The first kappa shape index (κ1) is 12.3. The van der Waals surface area contributed by atoms with E-state index in [1.807, 2.05) is 0 Å². The SMILES string of the molecule is CC(O)CN(C)C(=O)NC1CCCC1C. The molecule has 0 spiro atoms. The molecule has 1 saturated carbocycles. The first-order valence-corrected chi connectivity index (χ1v) is 5.70. The summed E-state index contributed by atoms with van der Waals surface area (Å²) in [7, 11) is 1.71. The fourth-order valence-electron chi connectivity index (χ4n) is 2.11. The van der Waals surface area contributed by atoms with E-state index in [1.165, 1.54) is 17.7 Å². The van der Waals surface area contributed by atoms with Gasteiger partial charge in [0.1, 0.15) is 0 Å². The molecule has 0 aromatic heterocycles. The summed E-state index contributed by atoms with van der Waals surface area (Å²) in [6.07, 6.45) is 3.01. The molecule has 1 fully saturated rings. The van der Waals surface area contributed by atoms with Gasteiger partial charge in [0.25, 0.3) is 0 Å². The van der Waals surface area contributed by atoms with Gasteiger partial charge in [0.2, 0.25) is 0 Å². The highest BCUT2D eigenvalue weighted by Crippen LogP contribution is 2.24. The quantitative estimate of drug-likeness (QED) is 0.741. The monoisotopic (exact) mass is 214 g/mol. The Morgan fingerprint density at radius 1 is 1.60 bits per heavy atom. The molecule has 4 heteroatoms. The molecule has 88 valence electrons. The van der Waals surface area contributed by atoms with Gasteiger partial charge in [-0.1, -0.05) is 13.3 Å². The second-order valence-electron chi connectivity index (χ2n) is 4.69. The van der Waals surface area contributed by atoms with Gasteiger partial charge in [-0.25, -0.2) is 4.79 Å². The Balaban J connectivity index is 2.34. The number of nitrogens with one attached hydrogen (secondary N) is 1. The largest absolute Gasteiger partial charge is 0.392 e. The van der Waals surface area contributed by atoms with E-state index >= 15 is 0 Å². The second kappa shape index (κ2) is 5.35. The molecule has 0 aliphatic heterocycles. The van der Waals surface area contributed by atoms with Crippen molar-refractivity contribution in [2.24, 2.45) is 5.92 Å². The number of rotatable bonds is 3. The van der Waals surface area contributed by atoms with Crippen molar-refractivity contribution < 1.29 is 9.90 Å². The lowest BCUT2D eigenvalue weighted by molar-refractivity contribution is 0.141. The van der Waals surface area contributed by atoms with E-state index in [9.17, 15) is 4.79 Å². The lowest BCUT2D eigenvalue weighted by Gasteiger charge is -2.24. The van der Waals surface area contributed by atoms with Crippen LogP contribution in [-0.2, 0) is 0 Å². The van der Waals surface area contributed by atoms with Crippen LogP contribution in [0.15, 0.2) is 0 Å². The predicted molar refractivity (Wildman–Crippen MR) is 59.6 cm³/mol. The van der Waals surface area contributed by atoms with Gasteiger partial charge in [-0.05, 0) is 25.7 Å². The van der Waals surface area contributed by atoms with Gasteiger partial charge in [-0.3, -0.25) is 0 Å². The molecule has 1 rings (SSSR count). The molecular formula is C11H22N2O2. The second-order valence-corrected chi connectivity index (χ2v) is 4.69. The van der Waals surface area contributed by atoms with Crippen LogP contribution >= 0.6 is 0 Å². The smallest absolute Gasteiger partial charge is 0.317 e. The number of likely N-dealkylation sites (N-methyl/N-ethyl adjacent to an activating group) is 1. The first-order valence-electron chi connectivity index (χ1n) is 5.70. The number of nitrogens with zero attached hydrogens (tertiary/aromatic N) is 1. The molecule has 15 heavy (non-hydrogen) atoms. The van der Waals surface area contributed by atoms with Crippen LogP contribution < -0.4 is 5.32 Å². The lowest BCUT2D eigenvalue weighted by atomic mass is 10.1. The maximum absolute atomic E-state index is 11.7. The molecule has 1 aliphatic rings. The maximum Gasteiger partial charge on any atom is 0.317 e. The molecule has 3 unspecified atom stereocenters. The average molecular weight is 214 g/mol. The highest BCUT2D eigenvalue weighted by atomic mass is 16.3. The summed E-state index contributed by atoms with van der Waals surface area (Å²) in [5.41, 5.74) is 0. The molecule has 0 bridgehead atoms. The van der Waals surface area contributed by atoms with Crippen LogP contribution in [0.3, 0.4) is 0 Å². The minimum absolute atomic E-state index is 0.0744. The summed E-state index contributed by atoms with van der Waals surface area (Å²) in [5.74, 6) is 0.578. The maximum atomic E-state index is 11.7. The van der Waals surface area contributed by atoms with Crippen LogP contribution in [0, 0.1) is 5.92 Å². The zero-order chi connectivity index (χ0) is 11.4. The molecule has 0 radical (unpaired) electrons. The third kappa shape index (κ3) is 3.70. The van der Waals surface area contributed by atoms with Crippen LogP contribution in [0.2, 0.25) is 0 Å². The van der Waals surface area contributed by atoms with E-state index in [0.717, 1.165) is 6.42 Å². The lowest BCUT2D eigenvalue weighted by Crippen LogP contribution is -2.45. The van der Waals surface area contributed by atoms with Crippen molar-refractivity contribution in [3.05, 3.63) is 0 Å². The van der Waals surface area contributed by atoms with Crippen molar-refractivity contribution in [3.63, 3.8) is 0 Å². The van der Waals surface area contributed by atoms with Crippen molar-refractivity contribution in [1.29, 1.82) is 0 Å². The van der Waals surface area contributed by atoms with Gasteiger partial charge in [0.15, 0.2) is 0 Å². The Kier molecular flexibility index (Phi) is 4.39. The molecule has 0 aromatic carbocycles. The normalized spacial score (nSPS) is 27.5. The van der Waals surface area contributed by atoms with Crippen LogP contribution in [0.4, 0.5) is 4.79 Å². The Bertz CT molecular complexity index is 219. The Morgan fingerprint density at radius 3 is 2.73 bits per heavy atom. The highest BCUT2D eigenvalue weighted by Gasteiger charge is 2.25. The molecule has 1 aliphatic carbocycles. The molecule has 3 atom stereocenters. The summed E-state index contributed by atoms with van der Waals surface area (Å²) >= 11 is 0. The average Bonchev–Trinajstić information content (AvgIpc) is 2.50. The van der Waals surface area contributed by atoms with Gasteiger partial charge in [-0.2, -0.15) is 0 Å². The van der Waals surface area contributed by atoms with Gasteiger partial charge >= 0.3 is 6.03 Å². The van der Waals surface area contributed by atoms with E-state index in [0.29, 0.717) is 18.5 Å². The standard InChI is InChI=1S/C11H22N2O2/c1-8-5-4-6-10(8)12-11(15)13(3)7-9(2)14/h8-10,14H,4-7H2,1-3H3,(H,12,15). The van der Waals surface area contributed by atoms with E-state index in [-0.39, 0.29) is 6.03 Å². The molecule has 2 amide bonds. The summed E-state index contributed by atoms with van der Waals surface area (Å²) in [6.45, 7) is 4.24. The third-order valence-electron chi connectivity index (χ3n) is 3.06. The molecule has 2 N–H and O–H groups in total. The van der Waals surface area contributed by atoms with Crippen molar-refractivity contribution in [1.82, 2.24) is 10.2 Å². The summed E-state index contributed by atoms with van der Waals surface area (Å²) < 4.78 is 0. The Hall–Kier alpha value is -0.770. The number of aliphatic hydroxyl groups is 1. The zero-order valence-electron chi connectivity index (χ0n) is 9.86. The number of carbonyl (C=O) groups is 1. The van der Waals surface area contributed by atoms with Gasteiger partial charge in [-0.15, -0.1) is 0 Å². The number of urea groups is 1. The van der Waals surface area contributed by atoms with Gasteiger partial charge in [0, 0.05) is 19.6 Å². The number of hydrogen-bond acceptors (Lipinski definition) is 2. The van der Waals surface area contributed by atoms with Crippen molar-refractivity contribution >= 4 is 6.03 Å². The molecule has 4 nitrogen and oxygen atoms in total. The fraction of sp³-hybridized carbons (Fsp3) is 0.909. The Labute approximate surface area is 91.6 Å². The minimum Gasteiger partial charge on any atom is -0.392 e. The van der Waals surface area contributed by atoms with E-state index in [1.54, 1.807) is 14.0 Å². The molecular weight excluding hydrogens is 192 g/mol. The van der Waals surface area contributed by atoms with Crippen LogP contribution in [-0.4, -0.2) is 41.8 Å². The van der Waals surface area contributed by atoms with Gasteiger partial charge in [0.05, 0.1) is 6.10 Å². The molecule has 0 heterocycles. The fourth-order valence-corrected chi connectivity index (χ4v) is 2.11. The Morgan fingerprint density at radius 2 is 2.27 bits per heavy atom. The number of carbonyl (C=O) groups excluding carboxylic acids is 1. The van der Waals surface area contributed by atoms with Crippen molar-refractivity contribution in [2.45, 2.75) is 45.3 Å². The number of aliphatic hydroxyl groups excluding tert-OH is 1. The predicted octanol–water partition coefficient (Wildman–Crippen LogP) is 1.20. The van der Waals surface area contributed by atoms with E-state index < -0.39 is 6.10 Å². The van der Waals surface area contributed by atoms with E-state index in [2.05, 4.69) is 12.2 Å². The number of hydrogen-bond donors (Lipinski definition) is 2. The summed E-state index contributed by atoms with van der Waals surface area (Å²) in [6, 6.07) is 0.239. The molecule has 0 aromatic rings. The third-order valence-corrected chi connectivity index (χ3v) is 3.06. The minimum atomic E-state index is -0.471. The number of amides is 2. The first-order chi connectivity index (χ1) is 7.00. The molecule has 0 saturated heterocycles. The van der Waals surface area contributed by atoms with Crippen molar-refractivity contribution in [2.75, 3.05) is 13.6 Å². The van der Waals surface area contributed by atoms with Crippen LogP contribution in [0.1, 0.15) is 33.1 Å². The topological polar surface area (TPSA) is 52.6 Å². The highest BCUT2D eigenvalue weighted by molar-refractivity contribution is 5.74. The van der Waals surface area contributed by atoms with Crippen LogP contribution in [0.25, 0.3) is 0 Å².